The zero-order valence-corrected chi connectivity index (χ0v) is 6.28. The van der Waals surface area contributed by atoms with Crippen LogP contribution in [0.5, 0.6) is 0 Å². The van der Waals surface area contributed by atoms with Crippen LogP contribution in [0, 0.1) is 6.92 Å². The van der Waals surface area contributed by atoms with Crippen LogP contribution in [-0.2, 0) is 0 Å². The van der Waals surface area contributed by atoms with E-state index in [0.29, 0.717) is 0 Å². The Morgan fingerprint density at radius 1 is 1.45 bits per heavy atom. The molecule has 0 amide bonds. The van der Waals surface area contributed by atoms with Gasteiger partial charge in [-0.1, -0.05) is 6.07 Å². The number of anilines is 1. The molecule has 0 atom stereocenters. The number of aromatic nitrogens is 2. The molecular weight excluding hydrogens is 138 g/mol. The maximum atomic E-state index is 5.72. The first-order valence-corrected chi connectivity index (χ1v) is 3.47. The first kappa shape index (κ1) is 6.22. The molecule has 2 aromatic heterocycles. The summed E-state index contributed by atoms with van der Waals surface area (Å²) < 4.78 is 1.92. The lowest BCUT2D eigenvalue weighted by Crippen LogP contribution is -1.96. The summed E-state index contributed by atoms with van der Waals surface area (Å²) in [7, 11) is 0. The minimum absolute atomic E-state index is 0.734. The van der Waals surface area contributed by atoms with Crippen molar-refractivity contribution in [1.29, 1.82) is 0 Å². The number of nitrogens with two attached hydrogens (primary N) is 1. The van der Waals surface area contributed by atoms with Crippen LogP contribution in [0.2, 0.25) is 0 Å². The summed E-state index contributed by atoms with van der Waals surface area (Å²) in [4.78, 5) is 4.14. The monoisotopic (exact) mass is 147 g/mol. The summed E-state index contributed by atoms with van der Waals surface area (Å²) in [6.45, 7) is 1.93. The highest BCUT2D eigenvalue weighted by atomic mass is 15.1. The Morgan fingerprint density at radius 2 is 2.27 bits per heavy atom. The molecule has 0 spiro atoms. The highest BCUT2D eigenvalue weighted by Crippen LogP contribution is 2.10. The van der Waals surface area contributed by atoms with E-state index in [-0.39, 0.29) is 0 Å². The van der Waals surface area contributed by atoms with E-state index in [9.17, 15) is 0 Å². The maximum Gasteiger partial charge on any atom is 0.111 e. The molecule has 0 saturated carbocycles. The van der Waals surface area contributed by atoms with E-state index in [1.807, 2.05) is 35.7 Å². The molecule has 0 aliphatic heterocycles. The predicted octanol–water partition coefficient (Wildman–Crippen LogP) is 1.22. The van der Waals surface area contributed by atoms with Crippen molar-refractivity contribution in [2.45, 2.75) is 6.92 Å². The lowest BCUT2D eigenvalue weighted by Gasteiger charge is -1.99. The molecule has 11 heavy (non-hydrogen) atoms. The Kier molecular flexibility index (Phi) is 1.12. The Hall–Kier alpha value is -1.51. The van der Waals surface area contributed by atoms with Crippen molar-refractivity contribution in [3.63, 3.8) is 0 Å². The van der Waals surface area contributed by atoms with E-state index in [4.69, 9.17) is 5.73 Å². The maximum absolute atomic E-state index is 5.72. The largest absolute Gasteiger partial charge is 0.385 e. The van der Waals surface area contributed by atoms with Crippen LogP contribution in [-0.4, -0.2) is 9.38 Å². The van der Waals surface area contributed by atoms with Gasteiger partial charge < -0.3 is 5.73 Å². The van der Waals surface area contributed by atoms with Crippen molar-refractivity contribution in [2.24, 2.45) is 0 Å². The average molecular weight is 147 g/mol. The Labute approximate surface area is 64.5 Å². The Morgan fingerprint density at radius 3 is 3.00 bits per heavy atom. The van der Waals surface area contributed by atoms with Crippen LogP contribution in [0.1, 0.15) is 5.82 Å². The van der Waals surface area contributed by atoms with E-state index in [1.165, 1.54) is 0 Å². The summed E-state index contributed by atoms with van der Waals surface area (Å²) in [5, 5.41) is 0. The molecule has 0 fully saturated rings. The van der Waals surface area contributed by atoms with Crippen LogP contribution < -0.4 is 5.73 Å². The van der Waals surface area contributed by atoms with Gasteiger partial charge in [-0.15, -0.1) is 0 Å². The summed E-state index contributed by atoms with van der Waals surface area (Å²) in [6.07, 6.45) is 1.81. The first-order valence-electron chi connectivity index (χ1n) is 3.47. The number of pyridine rings is 1. The second-order valence-electron chi connectivity index (χ2n) is 2.52. The zero-order valence-electron chi connectivity index (χ0n) is 6.28. The number of nitrogen functional groups attached to an aromatic ring is 1. The normalized spacial score (nSPS) is 10.6. The predicted molar refractivity (Wildman–Crippen MR) is 44.3 cm³/mol. The van der Waals surface area contributed by atoms with Gasteiger partial charge in [-0.25, -0.2) is 4.98 Å². The number of aryl methyl sites for hydroxylation is 1. The fourth-order valence-electron chi connectivity index (χ4n) is 1.24. The molecule has 0 bridgehead atoms. The highest BCUT2D eigenvalue weighted by Gasteiger charge is 1.98. The number of rotatable bonds is 0. The van der Waals surface area contributed by atoms with Gasteiger partial charge in [0, 0.05) is 0 Å². The van der Waals surface area contributed by atoms with E-state index in [2.05, 4.69) is 4.98 Å². The van der Waals surface area contributed by atoms with E-state index in [1.54, 1.807) is 0 Å². The molecule has 0 aliphatic rings. The van der Waals surface area contributed by atoms with Gasteiger partial charge in [0.05, 0.1) is 11.7 Å². The van der Waals surface area contributed by atoms with Crippen LogP contribution >= 0.6 is 0 Å². The van der Waals surface area contributed by atoms with Gasteiger partial charge in [0.2, 0.25) is 0 Å². The van der Waals surface area contributed by atoms with Crippen LogP contribution in [0.25, 0.3) is 5.52 Å². The number of nitrogens with zero attached hydrogens (tertiary/aromatic N) is 2. The molecule has 0 radical (unpaired) electrons. The van der Waals surface area contributed by atoms with Gasteiger partial charge in [0.25, 0.3) is 0 Å². The quantitative estimate of drug-likeness (QED) is 0.609. The van der Waals surface area contributed by atoms with E-state index < -0.39 is 0 Å². The lowest BCUT2D eigenvalue weighted by atomic mass is 10.4. The Balaban J connectivity index is 2.96. The van der Waals surface area contributed by atoms with Gasteiger partial charge >= 0.3 is 0 Å². The number of hydrogen-bond donors (Lipinski definition) is 1. The van der Waals surface area contributed by atoms with Gasteiger partial charge in [-0.05, 0) is 19.1 Å². The highest BCUT2D eigenvalue weighted by molar-refractivity contribution is 5.52. The zero-order chi connectivity index (χ0) is 7.84. The van der Waals surface area contributed by atoms with Crippen molar-refractivity contribution in [2.75, 3.05) is 5.73 Å². The molecule has 3 heteroatoms. The lowest BCUT2D eigenvalue weighted by molar-refractivity contribution is 1.05. The van der Waals surface area contributed by atoms with Crippen molar-refractivity contribution >= 4 is 11.3 Å². The molecule has 56 valence electrons. The topological polar surface area (TPSA) is 43.3 Å². The molecule has 0 aromatic carbocycles. The Bertz CT molecular complexity index is 389. The average Bonchev–Trinajstić information content (AvgIpc) is 2.34. The number of fused-ring (bicyclic) bond motifs is 1. The smallest absolute Gasteiger partial charge is 0.111 e. The van der Waals surface area contributed by atoms with Crippen LogP contribution in [0.3, 0.4) is 0 Å². The third-order valence-electron chi connectivity index (χ3n) is 1.76. The molecular formula is C8H9N3. The minimum atomic E-state index is 0.734. The molecule has 2 heterocycles. The third-order valence-corrected chi connectivity index (χ3v) is 1.76. The number of hydrogen-bond acceptors (Lipinski definition) is 2. The second-order valence-corrected chi connectivity index (χ2v) is 2.52. The van der Waals surface area contributed by atoms with Crippen molar-refractivity contribution < 1.29 is 0 Å². The van der Waals surface area contributed by atoms with Gasteiger partial charge in [-0.2, -0.15) is 0 Å². The molecule has 0 aliphatic carbocycles. The van der Waals surface area contributed by atoms with E-state index >= 15 is 0 Å². The molecule has 0 saturated heterocycles. The second kappa shape index (κ2) is 1.99. The summed E-state index contributed by atoms with van der Waals surface area (Å²) in [5.41, 5.74) is 6.77. The van der Waals surface area contributed by atoms with Gasteiger partial charge in [-0.3, -0.25) is 4.40 Å². The van der Waals surface area contributed by atoms with Gasteiger partial charge in [0.15, 0.2) is 0 Å². The van der Waals surface area contributed by atoms with Crippen molar-refractivity contribution in [1.82, 2.24) is 9.38 Å². The fraction of sp³-hybridized carbons (Fsp3) is 0.125. The van der Waals surface area contributed by atoms with Crippen LogP contribution in [0.4, 0.5) is 5.82 Å². The fourth-order valence-corrected chi connectivity index (χ4v) is 1.24. The number of imidazole rings is 1. The standard InChI is InChI=1S/C8H9N3/c1-6-10-5-7-3-2-4-8(9)11(6)7/h2-5H,9H2,1H3. The molecule has 3 nitrogen and oxygen atoms in total. The minimum Gasteiger partial charge on any atom is -0.385 e. The SMILES string of the molecule is Cc1ncc2cccc(N)n12. The summed E-state index contributed by atoms with van der Waals surface area (Å²) in [5.74, 6) is 1.66. The van der Waals surface area contributed by atoms with Crippen molar-refractivity contribution in [3.05, 3.63) is 30.2 Å². The molecule has 2 rings (SSSR count). The van der Waals surface area contributed by atoms with Crippen molar-refractivity contribution in [3.8, 4) is 0 Å². The first-order chi connectivity index (χ1) is 5.29. The summed E-state index contributed by atoms with van der Waals surface area (Å²) in [6, 6.07) is 5.77. The molecule has 2 N–H and O–H groups in total. The molecule has 0 unspecified atom stereocenters. The van der Waals surface area contributed by atoms with Gasteiger partial charge in [0.1, 0.15) is 11.6 Å². The van der Waals surface area contributed by atoms with Crippen LogP contribution in [0.15, 0.2) is 24.4 Å². The third kappa shape index (κ3) is 0.774. The van der Waals surface area contributed by atoms with E-state index in [0.717, 1.165) is 17.2 Å². The summed E-state index contributed by atoms with van der Waals surface area (Å²) >= 11 is 0. The molecule has 2 aromatic rings.